The zero-order valence-corrected chi connectivity index (χ0v) is 19.9. The van der Waals surface area contributed by atoms with Gasteiger partial charge in [-0.25, -0.2) is 0 Å². The van der Waals surface area contributed by atoms with Crippen molar-refractivity contribution in [1.82, 2.24) is 4.98 Å². The topological polar surface area (TPSA) is 76.5 Å². The summed E-state index contributed by atoms with van der Waals surface area (Å²) in [4.78, 5) is 3.47. The maximum Gasteiger partial charge on any atom is 0.0608 e. The van der Waals surface area contributed by atoms with E-state index in [1.807, 2.05) is 0 Å². The second-order valence-electron chi connectivity index (χ2n) is 11.3. The average molecular weight is 438 g/mol. The van der Waals surface area contributed by atoms with Gasteiger partial charge in [0.15, 0.2) is 0 Å². The molecule has 174 valence electrons. The first-order valence-electron chi connectivity index (χ1n) is 12.5. The van der Waals surface area contributed by atoms with Crippen molar-refractivity contribution in [2.45, 2.75) is 72.0 Å². The van der Waals surface area contributed by atoms with E-state index in [1.165, 1.54) is 22.1 Å². The molecule has 2 aromatic rings. The molecule has 1 aromatic carbocycles. The van der Waals surface area contributed by atoms with Crippen LogP contribution in [-0.4, -0.2) is 39.1 Å². The lowest BCUT2D eigenvalue weighted by atomic mass is 9.37. The summed E-state index contributed by atoms with van der Waals surface area (Å²) in [5.41, 5.74) is 4.32. The lowest BCUT2D eigenvalue weighted by Gasteiger charge is -2.68. The molecule has 1 spiro atoms. The van der Waals surface area contributed by atoms with Crippen molar-refractivity contribution in [1.29, 1.82) is 0 Å². The zero-order chi connectivity index (χ0) is 22.8. The number of para-hydroxylation sites is 1. The lowest BCUT2D eigenvalue weighted by Crippen LogP contribution is -2.68. The number of aliphatic hydroxyl groups excluding tert-OH is 3. The molecule has 32 heavy (non-hydrogen) atoms. The molecular formula is C28H39NO3. The molecule has 2 fully saturated rings. The minimum absolute atomic E-state index is 0.0828. The number of allylic oxidation sites excluding steroid dienone is 1. The molecule has 3 aliphatic carbocycles. The Morgan fingerprint density at radius 1 is 1.12 bits per heavy atom. The number of rotatable bonds is 3. The van der Waals surface area contributed by atoms with E-state index < -0.39 is 12.2 Å². The van der Waals surface area contributed by atoms with Gasteiger partial charge in [-0.3, -0.25) is 0 Å². The summed E-state index contributed by atoms with van der Waals surface area (Å²) in [6.07, 6.45) is 5.58. The quantitative estimate of drug-likeness (QED) is 0.537. The molecule has 1 aromatic heterocycles. The van der Waals surface area contributed by atoms with Gasteiger partial charge >= 0.3 is 0 Å². The molecule has 0 radical (unpaired) electrons. The third-order valence-corrected chi connectivity index (χ3v) is 10.1. The zero-order valence-electron chi connectivity index (χ0n) is 19.9. The van der Waals surface area contributed by atoms with Gasteiger partial charge < -0.3 is 20.3 Å². The molecule has 0 bridgehead atoms. The van der Waals surface area contributed by atoms with E-state index >= 15 is 0 Å². The third-order valence-electron chi connectivity index (χ3n) is 10.1. The molecule has 2 saturated carbocycles. The van der Waals surface area contributed by atoms with Crippen LogP contribution < -0.4 is 0 Å². The van der Waals surface area contributed by atoms with E-state index in [0.717, 1.165) is 37.6 Å². The van der Waals surface area contributed by atoms with Crippen molar-refractivity contribution in [2.75, 3.05) is 6.61 Å². The molecule has 4 nitrogen and oxygen atoms in total. The summed E-state index contributed by atoms with van der Waals surface area (Å²) < 4.78 is 0. The van der Waals surface area contributed by atoms with Crippen LogP contribution in [0.3, 0.4) is 0 Å². The fourth-order valence-electron chi connectivity index (χ4n) is 8.27. The predicted molar refractivity (Wildman–Crippen MR) is 129 cm³/mol. The Morgan fingerprint density at radius 2 is 1.88 bits per heavy atom. The number of benzene rings is 1. The first kappa shape index (κ1) is 22.2. The number of hydrogen-bond acceptors (Lipinski definition) is 3. The van der Waals surface area contributed by atoms with Crippen molar-refractivity contribution in [3.8, 4) is 0 Å². The maximum absolute atomic E-state index is 11.7. The monoisotopic (exact) mass is 437 g/mol. The van der Waals surface area contributed by atoms with Crippen LogP contribution >= 0.6 is 0 Å². The van der Waals surface area contributed by atoms with Gasteiger partial charge in [0.05, 0.1) is 12.2 Å². The molecule has 8 atom stereocenters. The molecule has 7 unspecified atom stereocenters. The van der Waals surface area contributed by atoms with Gasteiger partial charge in [0.1, 0.15) is 0 Å². The SMILES string of the molecule is CC(CO)C1=C(c2c[nH]c3ccccc23)C2C(C)C[C@H](O)C3(C)C(C)CCC(O)C23CC1. The minimum Gasteiger partial charge on any atom is -0.396 e. The van der Waals surface area contributed by atoms with Crippen molar-refractivity contribution in [2.24, 2.45) is 34.5 Å². The molecule has 0 amide bonds. The van der Waals surface area contributed by atoms with Crippen molar-refractivity contribution in [3.63, 3.8) is 0 Å². The van der Waals surface area contributed by atoms with Gasteiger partial charge in [-0.15, -0.1) is 0 Å². The highest BCUT2D eigenvalue weighted by Gasteiger charge is 2.68. The molecule has 4 heteroatoms. The fraction of sp³-hybridized carbons (Fsp3) is 0.643. The number of fused-ring (bicyclic) bond motifs is 1. The lowest BCUT2D eigenvalue weighted by molar-refractivity contribution is -0.240. The Hall–Kier alpha value is -1.62. The second-order valence-corrected chi connectivity index (χ2v) is 11.3. The normalized spacial score (nSPS) is 40.8. The van der Waals surface area contributed by atoms with Crippen LogP contribution in [0.1, 0.15) is 65.4 Å². The van der Waals surface area contributed by atoms with E-state index in [9.17, 15) is 15.3 Å². The summed E-state index contributed by atoms with van der Waals surface area (Å²) in [6.45, 7) is 9.07. The molecule has 0 aliphatic heterocycles. The number of H-pyrrole nitrogens is 1. The Bertz CT molecular complexity index is 1040. The molecular weight excluding hydrogens is 398 g/mol. The summed E-state index contributed by atoms with van der Waals surface area (Å²) >= 11 is 0. The van der Waals surface area contributed by atoms with Crippen molar-refractivity contribution in [3.05, 3.63) is 41.6 Å². The van der Waals surface area contributed by atoms with E-state index in [2.05, 4.69) is 63.1 Å². The van der Waals surface area contributed by atoms with Gasteiger partial charge in [-0.2, -0.15) is 0 Å². The second kappa shape index (κ2) is 7.72. The highest BCUT2D eigenvalue weighted by atomic mass is 16.3. The fourth-order valence-corrected chi connectivity index (χ4v) is 8.27. The highest BCUT2D eigenvalue weighted by Crippen LogP contribution is 2.71. The van der Waals surface area contributed by atoms with Gasteiger partial charge in [0, 0.05) is 46.0 Å². The minimum atomic E-state index is -0.419. The standard InChI is InChI=1S/C28H39NO3/c1-16-13-24(32)27(4)18(3)9-10-23(31)28(27)12-11-19(17(2)15-30)25(26(16)28)21-14-29-22-8-6-5-7-20(21)22/h5-8,14,16-18,23-24,26,29-32H,9-13,15H2,1-4H3/t16?,17?,18?,23?,24-,26?,27?,28?/m0/s1. The Kier molecular flexibility index (Phi) is 5.35. The first-order chi connectivity index (χ1) is 15.3. The molecule has 0 saturated heterocycles. The van der Waals surface area contributed by atoms with Gasteiger partial charge in [0.2, 0.25) is 0 Å². The molecule has 4 N–H and O–H groups in total. The maximum atomic E-state index is 11.7. The summed E-state index contributed by atoms with van der Waals surface area (Å²) in [5, 5.41) is 34.6. The Labute approximate surface area is 191 Å². The summed E-state index contributed by atoms with van der Waals surface area (Å²) in [6, 6.07) is 8.44. The number of hydrogen-bond donors (Lipinski definition) is 4. The van der Waals surface area contributed by atoms with Gasteiger partial charge in [-0.05, 0) is 61.5 Å². The van der Waals surface area contributed by atoms with Crippen LogP contribution in [0.5, 0.6) is 0 Å². The van der Waals surface area contributed by atoms with E-state index in [-0.39, 0.29) is 35.2 Å². The number of nitrogens with one attached hydrogen (secondary N) is 1. The smallest absolute Gasteiger partial charge is 0.0608 e. The van der Waals surface area contributed by atoms with Crippen LogP contribution in [0.25, 0.3) is 16.5 Å². The largest absolute Gasteiger partial charge is 0.396 e. The number of aliphatic hydroxyl groups is 3. The Balaban J connectivity index is 1.81. The molecule has 5 rings (SSSR count). The molecule has 3 aliphatic rings. The Morgan fingerprint density at radius 3 is 2.62 bits per heavy atom. The van der Waals surface area contributed by atoms with E-state index in [4.69, 9.17) is 0 Å². The number of aromatic nitrogens is 1. The van der Waals surface area contributed by atoms with Crippen LogP contribution in [0.15, 0.2) is 36.0 Å². The van der Waals surface area contributed by atoms with Crippen LogP contribution in [0.4, 0.5) is 0 Å². The van der Waals surface area contributed by atoms with Crippen molar-refractivity contribution >= 4 is 16.5 Å². The van der Waals surface area contributed by atoms with Crippen LogP contribution in [-0.2, 0) is 0 Å². The van der Waals surface area contributed by atoms with Crippen LogP contribution in [0, 0.1) is 34.5 Å². The van der Waals surface area contributed by atoms with E-state index in [1.54, 1.807) is 0 Å². The van der Waals surface area contributed by atoms with Crippen molar-refractivity contribution < 1.29 is 15.3 Å². The van der Waals surface area contributed by atoms with Gasteiger partial charge in [-0.1, -0.05) is 51.5 Å². The van der Waals surface area contributed by atoms with Gasteiger partial charge in [0.25, 0.3) is 0 Å². The first-order valence-corrected chi connectivity index (χ1v) is 12.5. The average Bonchev–Trinajstić information content (AvgIpc) is 3.22. The third kappa shape index (κ3) is 2.72. The van der Waals surface area contributed by atoms with E-state index in [0.29, 0.717) is 5.92 Å². The highest BCUT2D eigenvalue weighted by molar-refractivity contribution is 5.94. The summed E-state index contributed by atoms with van der Waals surface area (Å²) in [5.74, 6) is 0.852. The summed E-state index contributed by atoms with van der Waals surface area (Å²) in [7, 11) is 0. The predicted octanol–water partition coefficient (Wildman–Crippen LogP) is 5.14. The number of aromatic amines is 1. The molecule has 1 heterocycles. The van der Waals surface area contributed by atoms with Crippen LogP contribution in [0.2, 0.25) is 0 Å².